The molecule has 0 aromatic carbocycles. The monoisotopic (exact) mass is 105 g/mol. The van der Waals surface area contributed by atoms with E-state index in [-0.39, 0.29) is 0 Å². The van der Waals surface area contributed by atoms with E-state index in [4.69, 9.17) is 0 Å². The molecule has 0 amide bonds. The number of hydrogen-bond acceptors (Lipinski definition) is 1. The van der Waals surface area contributed by atoms with E-state index in [1.807, 2.05) is 6.92 Å². The number of halogens is 1. The van der Waals surface area contributed by atoms with Gasteiger partial charge in [0.1, 0.15) is 0 Å². The summed E-state index contributed by atoms with van der Waals surface area (Å²) in [4.78, 5) is 0. The maximum atomic E-state index is 12.0. The predicted octanol–water partition coefficient (Wildman–Crippen LogP) is 1.60. The Labute approximate surface area is 44.1 Å². The predicted molar refractivity (Wildman–Crippen MR) is 28.6 cm³/mol. The van der Waals surface area contributed by atoms with E-state index in [2.05, 4.69) is 0 Å². The molecule has 0 spiro atoms. The Morgan fingerprint density at radius 3 is 2.14 bits per heavy atom. The molecule has 0 N–H and O–H groups in total. The van der Waals surface area contributed by atoms with E-state index in [0.29, 0.717) is 13.1 Å². The molecule has 0 unspecified atom stereocenters. The van der Waals surface area contributed by atoms with Gasteiger partial charge in [-0.3, -0.25) is 0 Å². The number of nitrogens with zero attached hydrogens (tertiary/aromatic N) is 1. The fourth-order valence-corrected chi connectivity index (χ4v) is 0.401. The van der Waals surface area contributed by atoms with E-state index >= 15 is 0 Å². The Morgan fingerprint density at radius 2 is 2.00 bits per heavy atom. The molecule has 0 radical (unpaired) electrons. The van der Waals surface area contributed by atoms with Crippen LogP contribution in [0.15, 0.2) is 0 Å². The molecule has 0 aliphatic heterocycles. The highest BCUT2D eigenvalue weighted by Gasteiger charge is 1.91. The molecule has 0 fully saturated rings. The van der Waals surface area contributed by atoms with Crippen molar-refractivity contribution in [3.63, 3.8) is 0 Å². The second-order valence-corrected chi connectivity index (χ2v) is 1.50. The highest BCUT2D eigenvalue weighted by molar-refractivity contribution is 4.34. The molecule has 0 saturated carbocycles. The first-order valence-electron chi connectivity index (χ1n) is 2.72. The van der Waals surface area contributed by atoms with Crippen molar-refractivity contribution in [2.24, 2.45) is 0 Å². The number of rotatable bonds is 3. The van der Waals surface area contributed by atoms with Crippen LogP contribution < -0.4 is 0 Å². The Bertz CT molecular complexity index is 39.1. The number of hydrogen-bond donors (Lipinski definition) is 0. The molecule has 2 heteroatoms. The van der Waals surface area contributed by atoms with E-state index in [0.717, 1.165) is 11.5 Å². The fraction of sp³-hybridized carbons (Fsp3) is 1.00. The lowest BCUT2D eigenvalue weighted by Crippen LogP contribution is -2.12. The lowest BCUT2D eigenvalue weighted by molar-refractivity contribution is 0.0323. The van der Waals surface area contributed by atoms with Crippen LogP contribution in [0.25, 0.3) is 0 Å². The maximum Gasteiger partial charge on any atom is 0.0287 e. The van der Waals surface area contributed by atoms with Gasteiger partial charge in [0.25, 0.3) is 0 Å². The molecule has 7 heavy (non-hydrogen) atoms. The van der Waals surface area contributed by atoms with E-state index < -0.39 is 0 Å². The van der Waals surface area contributed by atoms with Gasteiger partial charge in [0.15, 0.2) is 0 Å². The standard InChI is InChI=1S/C5H12FN/c1-3-5-7(6)4-2/h3-5H2,1-2H3. The van der Waals surface area contributed by atoms with Crippen molar-refractivity contribution < 1.29 is 4.48 Å². The van der Waals surface area contributed by atoms with Crippen molar-refractivity contribution in [2.75, 3.05) is 13.1 Å². The van der Waals surface area contributed by atoms with Crippen molar-refractivity contribution in [3.05, 3.63) is 0 Å². The Hall–Kier alpha value is -0.110. The molecule has 0 heterocycles. The Balaban J connectivity index is 2.83. The minimum absolute atomic E-state index is 0.508. The summed E-state index contributed by atoms with van der Waals surface area (Å²) in [7, 11) is 0. The summed E-state index contributed by atoms with van der Waals surface area (Å²) in [5.74, 6) is 0. The second kappa shape index (κ2) is 4.06. The zero-order valence-electron chi connectivity index (χ0n) is 4.95. The van der Waals surface area contributed by atoms with Crippen LogP contribution in [0.3, 0.4) is 0 Å². The van der Waals surface area contributed by atoms with Crippen LogP contribution >= 0.6 is 0 Å². The van der Waals surface area contributed by atoms with Gasteiger partial charge in [0.2, 0.25) is 0 Å². The van der Waals surface area contributed by atoms with Crippen molar-refractivity contribution in [3.8, 4) is 0 Å². The SMILES string of the molecule is CCCN(F)CC. The van der Waals surface area contributed by atoms with Gasteiger partial charge < -0.3 is 0 Å². The summed E-state index contributed by atoms with van der Waals surface area (Å²) < 4.78 is 12.0. The van der Waals surface area contributed by atoms with Crippen molar-refractivity contribution in [2.45, 2.75) is 20.3 Å². The van der Waals surface area contributed by atoms with Crippen molar-refractivity contribution in [1.82, 2.24) is 5.12 Å². The first kappa shape index (κ1) is 6.89. The first-order valence-corrected chi connectivity index (χ1v) is 2.72. The molecule has 44 valence electrons. The summed E-state index contributed by atoms with van der Waals surface area (Å²) in [5, 5.41) is 0.806. The molecule has 0 aliphatic rings. The van der Waals surface area contributed by atoms with Gasteiger partial charge in [-0.05, 0) is 13.3 Å². The molecular formula is C5H12FN. The zero-order valence-corrected chi connectivity index (χ0v) is 4.95. The normalized spacial score (nSPS) is 10.3. The molecule has 1 nitrogen and oxygen atoms in total. The summed E-state index contributed by atoms with van der Waals surface area (Å²) in [5.41, 5.74) is 0. The minimum atomic E-state index is 0.508. The third kappa shape index (κ3) is 3.73. The Kier molecular flexibility index (Phi) is 4.00. The Morgan fingerprint density at radius 1 is 1.43 bits per heavy atom. The van der Waals surface area contributed by atoms with Gasteiger partial charge in [-0.15, -0.1) is 9.60 Å². The molecule has 0 saturated heterocycles. The summed E-state index contributed by atoms with van der Waals surface area (Å²) in [6.45, 7) is 4.84. The van der Waals surface area contributed by atoms with Crippen LogP contribution in [0.4, 0.5) is 4.48 Å². The molecule has 0 aromatic rings. The summed E-state index contributed by atoms with van der Waals surface area (Å²) >= 11 is 0. The van der Waals surface area contributed by atoms with E-state index in [9.17, 15) is 4.48 Å². The largest absolute Gasteiger partial charge is 0.147 e. The quantitative estimate of drug-likeness (QED) is 0.493. The summed E-state index contributed by atoms with van der Waals surface area (Å²) in [6.07, 6.45) is 0.893. The van der Waals surface area contributed by atoms with Crippen LogP contribution in [0.5, 0.6) is 0 Å². The van der Waals surface area contributed by atoms with Crippen molar-refractivity contribution >= 4 is 0 Å². The van der Waals surface area contributed by atoms with Crippen LogP contribution in [-0.4, -0.2) is 18.2 Å². The minimum Gasteiger partial charge on any atom is -0.147 e. The average molecular weight is 105 g/mol. The maximum absolute atomic E-state index is 12.0. The van der Waals surface area contributed by atoms with Gasteiger partial charge in [-0.1, -0.05) is 6.92 Å². The van der Waals surface area contributed by atoms with Crippen LogP contribution in [0.1, 0.15) is 20.3 Å². The molecule has 0 aromatic heterocycles. The van der Waals surface area contributed by atoms with Gasteiger partial charge in [-0.2, -0.15) is 0 Å². The highest BCUT2D eigenvalue weighted by atomic mass is 19.2. The third-order valence-electron chi connectivity index (χ3n) is 0.809. The van der Waals surface area contributed by atoms with E-state index in [1.165, 1.54) is 0 Å². The van der Waals surface area contributed by atoms with Crippen LogP contribution in [0.2, 0.25) is 0 Å². The highest BCUT2D eigenvalue weighted by Crippen LogP contribution is 1.87. The molecule has 0 atom stereocenters. The smallest absolute Gasteiger partial charge is 0.0287 e. The second-order valence-electron chi connectivity index (χ2n) is 1.50. The lowest BCUT2D eigenvalue weighted by atomic mass is 10.5. The van der Waals surface area contributed by atoms with Crippen LogP contribution in [0, 0.1) is 0 Å². The van der Waals surface area contributed by atoms with Gasteiger partial charge in [0.05, 0.1) is 0 Å². The molecule has 0 rings (SSSR count). The zero-order chi connectivity index (χ0) is 5.70. The first-order chi connectivity index (χ1) is 3.31. The van der Waals surface area contributed by atoms with E-state index in [1.54, 1.807) is 6.92 Å². The average Bonchev–Trinajstić information content (AvgIpc) is 1.68. The summed E-state index contributed by atoms with van der Waals surface area (Å²) in [6, 6.07) is 0. The lowest BCUT2D eigenvalue weighted by Gasteiger charge is -2.03. The molecular weight excluding hydrogens is 93.1 g/mol. The molecule has 0 bridgehead atoms. The fourth-order valence-electron chi connectivity index (χ4n) is 0.401. The van der Waals surface area contributed by atoms with Crippen LogP contribution in [-0.2, 0) is 0 Å². The van der Waals surface area contributed by atoms with Gasteiger partial charge >= 0.3 is 0 Å². The van der Waals surface area contributed by atoms with Gasteiger partial charge in [-0.25, -0.2) is 0 Å². The molecule has 0 aliphatic carbocycles. The topological polar surface area (TPSA) is 3.24 Å². The van der Waals surface area contributed by atoms with Crippen molar-refractivity contribution in [1.29, 1.82) is 0 Å². The third-order valence-corrected chi connectivity index (χ3v) is 0.809. The van der Waals surface area contributed by atoms with Gasteiger partial charge in [0, 0.05) is 13.1 Å².